The van der Waals surface area contributed by atoms with E-state index in [1.807, 2.05) is 6.92 Å². The molecule has 0 aliphatic heterocycles. The molecule has 17 heavy (non-hydrogen) atoms. The quantitative estimate of drug-likeness (QED) is 0.865. The number of halogens is 1. The van der Waals surface area contributed by atoms with Crippen molar-refractivity contribution in [3.63, 3.8) is 0 Å². The van der Waals surface area contributed by atoms with Crippen molar-refractivity contribution in [2.75, 3.05) is 5.32 Å². The van der Waals surface area contributed by atoms with Crippen molar-refractivity contribution in [1.82, 2.24) is 9.55 Å². The van der Waals surface area contributed by atoms with Gasteiger partial charge in [0.25, 0.3) is 0 Å². The molecule has 1 N–H and O–H groups in total. The summed E-state index contributed by atoms with van der Waals surface area (Å²) in [6, 6.07) is 8.76. The summed E-state index contributed by atoms with van der Waals surface area (Å²) in [5.41, 5.74) is 2.16. The molecule has 0 saturated heterocycles. The summed E-state index contributed by atoms with van der Waals surface area (Å²) in [4.78, 5) is 4.51. The highest BCUT2D eigenvalue weighted by atomic mass is 127. The number of hydrogen-bond acceptors (Lipinski definition) is 2. The Hall–Kier alpha value is -1.04. The first kappa shape index (κ1) is 12.4. The van der Waals surface area contributed by atoms with Gasteiger partial charge in [-0.1, -0.05) is 6.07 Å². The van der Waals surface area contributed by atoms with Crippen molar-refractivity contribution in [3.05, 3.63) is 39.7 Å². The fourth-order valence-corrected chi connectivity index (χ4v) is 2.21. The number of hydrogen-bond donors (Lipinski definition) is 1. The van der Waals surface area contributed by atoms with E-state index >= 15 is 0 Å². The van der Waals surface area contributed by atoms with Crippen LogP contribution in [-0.2, 0) is 0 Å². The van der Waals surface area contributed by atoms with Gasteiger partial charge in [0.05, 0.1) is 5.69 Å². The van der Waals surface area contributed by atoms with E-state index in [4.69, 9.17) is 0 Å². The average molecular weight is 341 g/mol. The summed E-state index contributed by atoms with van der Waals surface area (Å²) < 4.78 is 3.32. The molecule has 3 nitrogen and oxygen atoms in total. The van der Waals surface area contributed by atoms with Crippen LogP contribution in [0.3, 0.4) is 0 Å². The molecule has 0 fully saturated rings. The Kier molecular flexibility index (Phi) is 3.71. The largest absolute Gasteiger partial charge is 0.353 e. The topological polar surface area (TPSA) is 29.9 Å². The third-order valence-corrected chi connectivity index (χ3v) is 3.00. The van der Waals surface area contributed by atoms with Crippen molar-refractivity contribution in [3.8, 4) is 5.69 Å². The molecule has 2 aromatic rings. The van der Waals surface area contributed by atoms with Gasteiger partial charge in [-0.2, -0.15) is 0 Å². The Labute approximate surface area is 115 Å². The fourth-order valence-electron chi connectivity index (χ4n) is 1.68. The van der Waals surface area contributed by atoms with Gasteiger partial charge in [-0.3, -0.25) is 4.57 Å². The molecular weight excluding hydrogens is 325 g/mol. The molecule has 0 amide bonds. The summed E-state index contributed by atoms with van der Waals surface area (Å²) in [6.45, 7) is 6.24. The lowest BCUT2D eigenvalue weighted by molar-refractivity contribution is 0.863. The fraction of sp³-hybridized carbons (Fsp3) is 0.308. The maximum absolute atomic E-state index is 4.51. The second-order valence-electron chi connectivity index (χ2n) is 4.35. The highest BCUT2D eigenvalue weighted by Crippen LogP contribution is 2.19. The second kappa shape index (κ2) is 5.08. The van der Waals surface area contributed by atoms with E-state index in [-0.39, 0.29) is 0 Å². The Morgan fingerprint density at radius 2 is 2.12 bits per heavy atom. The first-order valence-electron chi connectivity index (χ1n) is 5.65. The van der Waals surface area contributed by atoms with Gasteiger partial charge >= 0.3 is 0 Å². The molecule has 0 unspecified atom stereocenters. The van der Waals surface area contributed by atoms with Gasteiger partial charge in [-0.15, -0.1) is 0 Å². The van der Waals surface area contributed by atoms with Crippen LogP contribution in [0.25, 0.3) is 5.69 Å². The highest BCUT2D eigenvalue weighted by Gasteiger charge is 2.08. The number of nitrogens with zero attached hydrogens (tertiary/aromatic N) is 2. The summed E-state index contributed by atoms with van der Waals surface area (Å²) in [5.74, 6) is 0.902. The van der Waals surface area contributed by atoms with Crippen LogP contribution in [0.15, 0.2) is 30.5 Å². The lowest BCUT2D eigenvalue weighted by atomic mass is 10.3. The average Bonchev–Trinajstić information content (AvgIpc) is 2.58. The summed E-state index contributed by atoms with van der Waals surface area (Å²) >= 11 is 2.32. The van der Waals surface area contributed by atoms with E-state index in [1.54, 1.807) is 0 Å². The molecule has 0 atom stereocenters. The number of nitrogens with one attached hydrogen (secondary N) is 1. The smallest absolute Gasteiger partial charge is 0.207 e. The molecule has 1 heterocycles. The zero-order chi connectivity index (χ0) is 12.4. The molecule has 1 aromatic heterocycles. The lowest BCUT2D eigenvalue weighted by Gasteiger charge is -2.12. The Morgan fingerprint density at radius 1 is 1.35 bits per heavy atom. The number of rotatable bonds is 3. The van der Waals surface area contributed by atoms with Crippen LogP contribution in [0, 0.1) is 10.5 Å². The maximum atomic E-state index is 4.51. The minimum Gasteiger partial charge on any atom is -0.353 e. The number of aryl methyl sites for hydroxylation is 1. The van der Waals surface area contributed by atoms with Crippen molar-refractivity contribution >= 4 is 28.5 Å². The van der Waals surface area contributed by atoms with E-state index in [9.17, 15) is 0 Å². The van der Waals surface area contributed by atoms with Crippen molar-refractivity contribution < 1.29 is 0 Å². The van der Waals surface area contributed by atoms with E-state index in [2.05, 4.69) is 81.8 Å². The minimum absolute atomic E-state index is 0.373. The molecule has 0 bridgehead atoms. The Balaban J connectivity index is 2.44. The summed E-state index contributed by atoms with van der Waals surface area (Å²) in [7, 11) is 0. The van der Waals surface area contributed by atoms with Gasteiger partial charge in [0.15, 0.2) is 0 Å². The molecular formula is C13H16IN3. The summed E-state index contributed by atoms with van der Waals surface area (Å²) in [6.07, 6.45) is 2.05. The number of anilines is 1. The van der Waals surface area contributed by atoms with Gasteiger partial charge in [-0.05, 0) is 61.6 Å². The van der Waals surface area contributed by atoms with Crippen LogP contribution in [0.5, 0.6) is 0 Å². The van der Waals surface area contributed by atoms with E-state index in [0.717, 1.165) is 17.3 Å². The standard InChI is InChI=1S/C13H16IN3/c1-9(2)15-13-16-10(3)8-17(13)12-6-4-5-11(14)7-12/h4-9H,1-3H3,(H,15,16). The van der Waals surface area contributed by atoms with Gasteiger partial charge in [0.1, 0.15) is 0 Å². The van der Waals surface area contributed by atoms with Gasteiger partial charge in [0.2, 0.25) is 5.95 Å². The second-order valence-corrected chi connectivity index (χ2v) is 5.60. The normalized spacial score (nSPS) is 10.9. The van der Waals surface area contributed by atoms with E-state index in [1.165, 1.54) is 3.57 Å². The zero-order valence-corrected chi connectivity index (χ0v) is 12.4. The summed E-state index contributed by atoms with van der Waals surface area (Å²) in [5, 5.41) is 3.36. The molecule has 2 rings (SSSR count). The first-order valence-corrected chi connectivity index (χ1v) is 6.72. The van der Waals surface area contributed by atoms with Gasteiger partial charge in [0, 0.05) is 21.5 Å². The van der Waals surface area contributed by atoms with Crippen LogP contribution in [-0.4, -0.2) is 15.6 Å². The van der Waals surface area contributed by atoms with Crippen molar-refractivity contribution in [2.45, 2.75) is 26.8 Å². The first-order chi connectivity index (χ1) is 8.06. The third-order valence-electron chi connectivity index (χ3n) is 2.33. The maximum Gasteiger partial charge on any atom is 0.207 e. The zero-order valence-electron chi connectivity index (χ0n) is 10.2. The number of benzene rings is 1. The third kappa shape index (κ3) is 3.00. The molecule has 0 aliphatic rings. The Morgan fingerprint density at radius 3 is 2.76 bits per heavy atom. The SMILES string of the molecule is Cc1cn(-c2cccc(I)c2)c(NC(C)C)n1. The number of aromatic nitrogens is 2. The van der Waals surface area contributed by atoms with E-state index in [0.29, 0.717) is 6.04 Å². The molecule has 0 spiro atoms. The molecule has 0 radical (unpaired) electrons. The van der Waals surface area contributed by atoms with Crippen molar-refractivity contribution in [1.29, 1.82) is 0 Å². The van der Waals surface area contributed by atoms with Crippen LogP contribution in [0.2, 0.25) is 0 Å². The predicted molar refractivity (Wildman–Crippen MR) is 79.8 cm³/mol. The molecule has 4 heteroatoms. The molecule has 0 saturated carbocycles. The number of imidazole rings is 1. The van der Waals surface area contributed by atoms with Crippen LogP contribution in [0.4, 0.5) is 5.95 Å². The van der Waals surface area contributed by atoms with Crippen LogP contribution < -0.4 is 5.32 Å². The Bertz CT molecular complexity index is 517. The van der Waals surface area contributed by atoms with Gasteiger partial charge < -0.3 is 5.32 Å². The molecule has 1 aromatic carbocycles. The predicted octanol–water partition coefficient (Wildman–Crippen LogP) is 3.61. The monoisotopic (exact) mass is 341 g/mol. The minimum atomic E-state index is 0.373. The van der Waals surface area contributed by atoms with Gasteiger partial charge in [-0.25, -0.2) is 4.98 Å². The molecule has 0 aliphatic carbocycles. The van der Waals surface area contributed by atoms with E-state index < -0.39 is 0 Å². The van der Waals surface area contributed by atoms with Crippen LogP contribution in [0.1, 0.15) is 19.5 Å². The highest BCUT2D eigenvalue weighted by molar-refractivity contribution is 14.1. The van der Waals surface area contributed by atoms with Crippen LogP contribution >= 0.6 is 22.6 Å². The molecule has 90 valence electrons. The lowest BCUT2D eigenvalue weighted by Crippen LogP contribution is -2.13. The van der Waals surface area contributed by atoms with Crippen molar-refractivity contribution in [2.24, 2.45) is 0 Å².